The maximum absolute atomic E-state index is 10.3. The van der Waals surface area contributed by atoms with Crippen LogP contribution in [-0.2, 0) is 4.79 Å². The van der Waals surface area contributed by atoms with Crippen molar-refractivity contribution in [1.29, 1.82) is 0 Å². The molecule has 1 saturated carbocycles. The van der Waals surface area contributed by atoms with E-state index in [1.165, 1.54) is 12.8 Å². The molecule has 1 aliphatic rings. The minimum atomic E-state index is -0.787. The summed E-state index contributed by atoms with van der Waals surface area (Å²) in [7, 11) is 0. The summed E-state index contributed by atoms with van der Waals surface area (Å²) in [5.74, 6) is 0.401. The Kier molecular flexibility index (Phi) is 3.09. The molecule has 2 unspecified atom stereocenters. The third kappa shape index (κ3) is 3.22. The molecule has 1 aliphatic carbocycles. The molecular weight excluding hydrogens is 154 g/mol. The topological polar surface area (TPSA) is 63.3 Å². The number of nitrogens with two attached hydrogens (primary N) is 1. The van der Waals surface area contributed by atoms with Crippen molar-refractivity contribution in [3.05, 3.63) is 0 Å². The predicted octanol–water partition coefficient (Wildman–Crippen LogP) is 1.22. The molecule has 12 heavy (non-hydrogen) atoms. The Morgan fingerprint density at radius 1 is 1.67 bits per heavy atom. The van der Waals surface area contributed by atoms with Crippen LogP contribution < -0.4 is 5.73 Å². The maximum atomic E-state index is 10.3. The summed E-state index contributed by atoms with van der Waals surface area (Å²) in [6, 6.07) is -0.164. The number of hydrogen-bond acceptors (Lipinski definition) is 2. The molecule has 0 aromatic carbocycles. The van der Waals surface area contributed by atoms with E-state index in [0.717, 1.165) is 12.3 Å². The van der Waals surface area contributed by atoms with E-state index in [0.29, 0.717) is 5.92 Å². The molecule has 3 nitrogen and oxygen atoms in total. The van der Waals surface area contributed by atoms with E-state index in [1.54, 1.807) is 0 Å². The van der Waals surface area contributed by atoms with Gasteiger partial charge in [0, 0.05) is 6.04 Å². The summed E-state index contributed by atoms with van der Waals surface area (Å²) in [5.41, 5.74) is 5.71. The third-order valence-corrected chi connectivity index (χ3v) is 2.54. The molecule has 0 aliphatic heterocycles. The van der Waals surface area contributed by atoms with Crippen molar-refractivity contribution in [3.63, 3.8) is 0 Å². The second kappa shape index (κ2) is 3.90. The minimum Gasteiger partial charge on any atom is -0.481 e. The fourth-order valence-electron chi connectivity index (χ4n) is 1.46. The first-order chi connectivity index (χ1) is 5.59. The summed E-state index contributed by atoms with van der Waals surface area (Å²) < 4.78 is 0. The van der Waals surface area contributed by atoms with E-state index in [2.05, 4.69) is 0 Å². The number of carbonyl (C=O) groups is 1. The van der Waals surface area contributed by atoms with Gasteiger partial charge in [-0.1, -0.05) is 19.8 Å². The van der Waals surface area contributed by atoms with Gasteiger partial charge in [0.2, 0.25) is 0 Å². The van der Waals surface area contributed by atoms with Gasteiger partial charge in [0.25, 0.3) is 0 Å². The zero-order valence-electron chi connectivity index (χ0n) is 7.49. The van der Waals surface area contributed by atoms with Gasteiger partial charge in [-0.05, 0) is 18.3 Å². The fraction of sp³-hybridized carbons (Fsp3) is 0.889. The molecular formula is C9H17NO2. The molecule has 0 aromatic rings. The lowest BCUT2D eigenvalue weighted by molar-refractivity contribution is -0.137. The monoisotopic (exact) mass is 171 g/mol. The Morgan fingerprint density at radius 2 is 2.25 bits per heavy atom. The fourth-order valence-corrected chi connectivity index (χ4v) is 1.46. The molecule has 0 heterocycles. The standard InChI is InChI=1S/C9H17NO2/c1-6(4-7-2-3-7)8(10)5-9(11)12/h6-8H,2-5,10H2,1H3,(H,11,12). The van der Waals surface area contributed by atoms with Crippen molar-refractivity contribution in [3.8, 4) is 0 Å². The van der Waals surface area contributed by atoms with Crippen LogP contribution in [0.25, 0.3) is 0 Å². The van der Waals surface area contributed by atoms with Gasteiger partial charge in [-0.25, -0.2) is 0 Å². The van der Waals surface area contributed by atoms with Gasteiger partial charge in [0.1, 0.15) is 0 Å². The summed E-state index contributed by atoms with van der Waals surface area (Å²) in [6.45, 7) is 2.05. The minimum absolute atomic E-state index is 0.105. The molecule has 70 valence electrons. The van der Waals surface area contributed by atoms with Crippen molar-refractivity contribution < 1.29 is 9.90 Å². The van der Waals surface area contributed by atoms with Crippen LogP contribution in [0, 0.1) is 11.8 Å². The summed E-state index contributed by atoms with van der Waals surface area (Å²) in [5, 5.41) is 8.50. The van der Waals surface area contributed by atoms with Gasteiger partial charge >= 0.3 is 5.97 Å². The first-order valence-corrected chi connectivity index (χ1v) is 4.57. The Bertz CT molecular complexity index is 166. The highest BCUT2D eigenvalue weighted by Crippen LogP contribution is 2.36. The number of carboxylic acids is 1. The predicted molar refractivity (Wildman–Crippen MR) is 46.7 cm³/mol. The maximum Gasteiger partial charge on any atom is 0.304 e. The highest BCUT2D eigenvalue weighted by atomic mass is 16.4. The summed E-state index contributed by atoms with van der Waals surface area (Å²) in [4.78, 5) is 10.3. The van der Waals surface area contributed by atoms with Gasteiger partial charge in [0.15, 0.2) is 0 Å². The molecule has 3 N–H and O–H groups in total. The molecule has 0 radical (unpaired) electrons. The van der Waals surface area contributed by atoms with Crippen LogP contribution in [-0.4, -0.2) is 17.1 Å². The number of aliphatic carboxylic acids is 1. The Labute approximate surface area is 72.9 Å². The van der Waals surface area contributed by atoms with Crippen LogP contribution >= 0.6 is 0 Å². The van der Waals surface area contributed by atoms with Crippen LogP contribution in [0.3, 0.4) is 0 Å². The molecule has 0 saturated heterocycles. The molecule has 0 bridgehead atoms. The molecule has 1 fully saturated rings. The van der Waals surface area contributed by atoms with Crippen molar-refractivity contribution in [1.82, 2.24) is 0 Å². The second-order valence-electron chi connectivity index (χ2n) is 3.92. The Balaban J connectivity index is 2.19. The van der Waals surface area contributed by atoms with E-state index in [9.17, 15) is 4.79 Å². The largest absolute Gasteiger partial charge is 0.481 e. The van der Waals surface area contributed by atoms with E-state index in [1.807, 2.05) is 6.92 Å². The quantitative estimate of drug-likeness (QED) is 0.653. The van der Waals surface area contributed by atoms with Gasteiger partial charge < -0.3 is 10.8 Å². The summed E-state index contributed by atoms with van der Waals surface area (Å²) >= 11 is 0. The first-order valence-electron chi connectivity index (χ1n) is 4.57. The van der Waals surface area contributed by atoms with Crippen molar-refractivity contribution >= 4 is 5.97 Å². The zero-order valence-corrected chi connectivity index (χ0v) is 7.49. The van der Waals surface area contributed by atoms with Gasteiger partial charge in [-0.3, -0.25) is 4.79 Å². The average Bonchev–Trinajstić information content (AvgIpc) is 2.70. The van der Waals surface area contributed by atoms with Crippen molar-refractivity contribution in [2.75, 3.05) is 0 Å². The molecule has 0 amide bonds. The number of hydrogen-bond donors (Lipinski definition) is 2. The van der Waals surface area contributed by atoms with E-state index < -0.39 is 5.97 Å². The first kappa shape index (κ1) is 9.52. The van der Waals surface area contributed by atoms with Gasteiger partial charge in [-0.2, -0.15) is 0 Å². The lowest BCUT2D eigenvalue weighted by atomic mass is 9.94. The highest BCUT2D eigenvalue weighted by molar-refractivity contribution is 5.67. The average molecular weight is 171 g/mol. The van der Waals surface area contributed by atoms with E-state index in [-0.39, 0.29) is 12.5 Å². The summed E-state index contributed by atoms with van der Waals surface area (Å²) in [6.07, 6.45) is 3.83. The molecule has 3 heteroatoms. The number of rotatable bonds is 5. The second-order valence-corrected chi connectivity index (χ2v) is 3.92. The third-order valence-electron chi connectivity index (χ3n) is 2.54. The van der Waals surface area contributed by atoms with Crippen LogP contribution in [0.2, 0.25) is 0 Å². The SMILES string of the molecule is CC(CC1CC1)C(N)CC(=O)O. The molecule has 1 rings (SSSR count). The van der Waals surface area contributed by atoms with Gasteiger partial charge in [-0.15, -0.1) is 0 Å². The van der Waals surface area contributed by atoms with E-state index in [4.69, 9.17) is 10.8 Å². The van der Waals surface area contributed by atoms with E-state index >= 15 is 0 Å². The normalized spacial score (nSPS) is 21.8. The van der Waals surface area contributed by atoms with Crippen molar-refractivity contribution in [2.24, 2.45) is 17.6 Å². The molecule has 0 aromatic heterocycles. The van der Waals surface area contributed by atoms with Gasteiger partial charge in [0.05, 0.1) is 6.42 Å². The molecule has 0 spiro atoms. The Morgan fingerprint density at radius 3 is 2.67 bits per heavy atom. The lowest BCUT2D eigenvalue weighted by Crippen LogP contribution is -2.31. The smallest absolute Gasteiger partial charge is 0.304 e. The molecule has 2 atom stereocenters. The Hall–Kier alpha value is -0.570. The van der Waals surface area contributed by atoms with Crippen LogP contribution in [0.15, 0.2) is 0 Å². The van der Waals surface area contributed by atoms with Crippen LogP contribution in [0.1, 0.15) is 32.6 Å². The zero-order chi connectivity index (χ0) is 9.14. The lowest BCUT2D eigenvalue weighted by Gasteiger charge is -2.17. The van der Waals surface area contributed by atoms with Crippen molar-refractivity contribution in [2.45, 2.75) is 38.6 Å². The number of carboxylic acid groups (broad SMARTS) is 1. The van der Waals surface area contributed by atoms with Crippen LogP contribution in [0.5, 0.6) is 0 Å². The van der Waals surface area contributed by atoms with Crippen LogP contribution in [0.4, 0.5) is 0 Å². The highest BCUT2D eigenvalue weighted by Gasteiger charge is 2.26.